The molecule has 0 aromatic heterocycles. The number of hydrogen-bond acceptors (Lipinski definition) is 4. The molecular formula is C12H13N3O3. The van der Waals surface area contributed by atoms with Gasteiger partial charge in [0.2, 0.25) is 5.91 Å². The number of nitrogens with one attached hydrogen (secondary N) is 2. The van der Waals surface area contributed by atoms with Gasteiger partial charge in [0, 0.05) is 12.1 Å². The maximum atomic E-state index is 11.5. The van der Waals surface area contributed by atoms with Crippen molar-refractivity contribution in [3.63, 3.8) is 0 Å². The van der Waals surface area contributed by atoms with Gasteiger partial charge < -0.3 is 5.32 Å². The smallest absolute Gasteiger partial charge is 0.271 e. The van der Waals surface area contributed by atoms with E-state index < -0.39 is 4.92 Å². The summed E-state index contributed by atoms with van der Waals surface area (Å²) in [5.74, 6) is 2.04. The van der Waals surface area contributed by atoms with Crippen LogP contribution >= 0.6 is 0 Å². The minimum absolute atomic E-state index is 0.0618. The van der Waals surface area contributed by atoms with E-state index in [1.165, 1.54) is 12.1 Å². The highest BCUT2D eigenvalue weighted by atomic mass is 16.6. The third-order valence-corrected chi connectivity index (χ3v) is 2.22. The van der Waals surface area contributed by atoms with Crippen LogP contribution in [0.25, 0.3) is 0 Å². The number of hydrogen-bond donors (Lipinski definition) is 2. The lowest BCUT2D eigenvalue weighted by Crippen LogP contribution is -2.28. The van der Waals surface area contributed by atoms with E-state index in [4.69, 9.17) is 6.42 Å². The van der Waals surface area contributed by atoms with Crippen LogP contribution in [0.4, 0.5) is 11.4 Å². The van der Waals surface area contributed by atoms with Gasteiger partial charge in [0.15, 0.2) is 0 Å². The van der Waals surface area contributed by atoms with E-state index in [-0.39, 0.29) is 18.1 Å². The second-order valence-electron chi connectivity index (χ2n) is 3.61. The van der Waals surface area contributed by atoms with Crippen molar-refractivity contribution in [2.75, 3.05) is 18.4 Å². The molecule has 2 N–H and O–H groups in total. The highest BCUT2D eigenvalue weighted by Gasteiger charge is 2.10. The Labute approximate surface area is 105 Å². The molecule has 0 aliphatic heterocycles. The number of benzene rings is 1. The standard InChI is InChI=1S/C12H13N3O3/c1-3-6-13-8-12(16)14-11-7-10(15(17)18)5-4-9(11)2/h1,4-5,7,13H,6,8H2,2H3,(H,14,16). The van der Waals surface area contributed by atoms with E-state index in [0.29, 0.717) is 12.2 Å². The van der Waals surface area contributed by atoms with E-state index in [1.54, 1.807) is 13.0 Å². The van der Waals surface area contributed by atoms with Crippen molar-refractivity contribution >= 4 is 17.3 Å². The number of nitro benzene ring substituents is 1. The van der Waals surface area contributed by atoms with Crippen LogP contribution in [0.1, 0.15) is 5.56 Å². The molecule has 0 saturated heterocycles. The molecule has 0 atom stereocenters. The summed E-state index contributed by atoms with van der Waals surface area (Å²) in [4.78, 5) is 21.6. The van der Waals surface area contributed by atoms with Gasteiger partial charge in [0.05, 0.1) is 23.7 Å². The summed E-state index contributed by atoms with van der Waals surface area (Å²) in [6.45, 7) is 2.11. The van der Waals surface area contributed by atoms with Crippen molar-refractivity contribution in [3.8, 4) is 12.3 Å². The Bertz CT molecular complexity index is 506. The van der Waals surface area contributed by atoms with Gasteiger partial charge >= 0.3 is 0 Å². The Morgan fingerprint density at radius 3 is 2.89 bits per heavy atom. The Balaban J connectivity index is 2.72. The predicted octanol–water partition coefficient (Wildman–Crippen LogP) is 1.06. The average molecular weight is 247 g/mol. The minimum Gasteiger partial charge on any atom is -0.324 e. The van der Waals surface area contributed by atoms with Gasteiger partial charge in [-0.3, -0.25) is 20.2 Å². The summed E-state index contributed by atoms with van der Waals surface area (Å²) >= 11 is 0. The van der Waals surface area contributed by atoms with Crippen molar-refractivity contribution in [2.45, 2.75) is 6.92 Å². The third-order valence-electron chi connectivity index (χ3n) is 2.22. The maximum Gasteiger partial charge on any atom is 0.271 e. The van der Waals surface area contributed by atoms with Crippen LogP contribution in [0.3, 0.4) is 0 Å². The van der Waals surface area contributed by atoms with Crippen molar-refractivity contribution in [3.05, 3.63) is 33.9 Å². The van der Waals surface area contributed by atoms with Crippen LogP contribution in [0.5, 0.6) is 0 Å². The van der Waals surface area contributed by atoms with E-state index in [0.717, 1.165) is 5.56 Å². The van der Waals surface area contributed by atoms with Crippen molar-refractivity contribution in [1.29, 1.82) is 0 Å². The number of non-ortho nitro benzene ring substituents is 1. The van der Waals surface area contributed by atoms with Crippen LogP contribution in [0.15, 0.2) is 18.2 Å². The average Bonchev–Trinajstić information content (AvgIpc) is 2.32. The maximum absolute atomic E-state index is 11.5. The Morgan fingerprint density at radius 2 is 2.28 bits per heavy atom. The molecule has 0 radical (unpaired) electrons. The molecule has 1 rings (SSSR count). The first-order valence-electron chi connectivity index (χ1n) is 5.23. The van der Waals surface area contributed by atoms with E-state index >= 15 is 0 Å². The molecule has 0 heterocycles. The lowest BCUT2D eigenvalue weighted by atomic mass is 10.2. The third kappa shape index (κ3) is 3.88. The molecule has 0 saturated carbocycles. The van der Waals surface area contributed by atoms with Gasteiger partial charge in [0.25, 0.3) is 5.69 Å². The highest BCUT2D eigenvalue weighted by Crippen LogP contribution is 2.21. The van der Waals surface area contributed by atoms with Gasteiger partial charge in [-0.25, -0.2) is 0 Å². The lowest BCUT2D eigenvalue weighted by molar-refractivity contribution is -0.384. The molecule has 1 amide bonds. The molecular weight excluding hydrogens is 234 g/mol. The summed E-state index contributed by atoms with van der Waals surface area (Å²) in [5.41, 5.74) is 1.12. The van der Waals surface area contributed by atoms with Gasteiger partial charge in [0.1, 0.15) is 0 Å². The highest BCUT2D eigenvalue weighted by molar-refractivity contribution is 5.93. The normalized spacial score (nSPS) is 9.56. The molecule has 0 bridgehead atoms. The van der Waals surface area contributed by atoms with Crippen LogP contribution in [0, 0.1) is 29.4 Å². The number of nitrogens with zero attached hydrogens (tertiary/aromatic N) is 1. The molecule has 0 fully saturated rings. The fourth-order valence-electron chi connectivity index (χ4n) is 1.30. The van der Waals surface area contributed by atoms with E-state index in [1.807, 2.05) is 0 Å². The molecule has 0 aliphatic rings. The van der Waals surface area contributed by atoms with Gasteiger partial charge in [-0.05, 0) is 12.5 Å². The first kappa shape index (κ1) is 13.7. The van der Waals surface area contributed by atoms with E-state index in [2.05, 4.69) is 16.6 Å². The minimum atomic E-state index is -0.508. The first-order chi connectivity index (χ1) is 8.54. The molecule has 0 unspecified atom stereocenters. The van der Waals surface area contributed by atoms with Crippen molar-refractivity contribution in [1.82, 2.24) is 5.32 Å². The summed E-state index contributed by atoms with van der Waals surface area (Å²) < 4.78 is 0. The van der Waals surface area contributed by atoms with Crippen molar-refractivity contribution in [2.24, 2.45) is 0 Å². The number of carbonyl (C=O) groups is 1. The number of aryl methyl sites for hydroxylation is 1. The summed E-state index contributed by atoms with van der Waals surface area (Å²) in [6.07, 6.45) is 5.03. The van der Waals surface area contributed by atoms with Crippen LogP contribution in [-0.4, -0.2) is 23.9 Å². The molecule has 6 heteroatoms. The number of carbonyl (C=O) groups excluding carboxylic acids is 1. The molecule has 94 valence electrons. The molecule has 1 aromatic carbocycles. The quantitative estimate of drug-likeness (QED) is 0.353. The SMILES string of the molecule is C#CCNCC(=O)Nc1cc([N+](=O)[O-])ccc1C. The van der Waals surface area contributed by atoms with Crippen LogP contribution in [0.2, 0.25) is 0 Å². The zero-order chi connectivity index (χ0) is 13.5. The number of rotatable bonds is 5. The molecule has 6 nitrogen and oxygen atoms in total. The predicted molar refractivity (Wildman–Crippen MR) is 68.2 cm³/mol. The zero-order valence-corrected chi connectivity index (χ0v) is 9.90. The Hall–Kier alpha value is -2.39. The zero-order valence-electron chi connectivity index (χ0n) is 9.90. The van der Waals surface area contributed by atoms with Gasteiger partial charge in [-0.15, -0.1) is 6.42 Å². The summed E-state index contributed by atoms with van der Waals surface area (Å²) in [6, 6.07) is 4.30. The molecule has 18 heavy (non-hydrogen) atoms. The molecule has 1 aromatic rings. The van der Waals surface area contributed by atoms with Crippen LogP contribution in [-0.2, 0) is 4.79 Å². The van der Waals surface area contributed by atoms with E-state index in [9.17, 15) is 14.9 Å². The second-order valence-corrected chi connectivity index (χ2v) is 3.61. The molecule has 0 spiro atoms. The first-order valence-corrected chi connectivity index (χ1v) is 5.23. The largest absolute Gasteiger partial charge is 0.324 e. The van der Waals surface area contributed by atoms with Crippen LogP contribution < -0.4 is 10.6 Å². The summed E-state index contributed by atoms with van der Waals surface area (Å²) in [7, 11) is 0. The number of anilines is 1. The Morgan fingerprint density at radius 1 is 1.56 bits per heavy atom. The molecule has 0 aliphatic carbocycles. The van der Waals surface area contributed by atoms with Crippen molar-refractivity contribution < 1.29 is 9.72 Å². The number of terminal acetylenes is 1. The fraction of sp³-hybridized carbons (Fsp3) is 0.250. The van der Waals surface area contributed by atoms with Gasteiger partial charge in [-0.2, -0.15) is 0 Å². The number of nitro groups is 1. The van der Waals surface area contributed by atoms with Gasteiger partial charge in [-0.1, -0.05) is 12.0 Å². The Kier molecular flexibility index (Phi) is 4.84. The second kappa shape index (κ2) is 6.37. The lowest BCUT2D eigenvalue weighted by Gasteiger charge is -2.08. The fourth-order valence-corrected chi connectivity index (χ4v) is 1.30. The number of amides is 1. The topological polar surface area (TPSA) is 84.3 Å². The monoisotopic (exact) mass is 247 g/mol. The summed E-state index contributed by atoms with van der Waals surface area (Å²) in [5, 5.41) is 15.9.